The lowest BCUT2D eigenvalue weighted by Gasteiger charge is -2.34. The van der Waals surface area contributed by atoms with Gasteiger partial charge >= 0.3 is 0 Å². The first-order chi connectivity index (χ1) is 15.4. The summed E-state index contributed by atoms with van der Waals surface area (Å²) in [6.45, 7) is 2.75. The maximum Gasteiger partial charge on any atom is 0.233 e. The lowest BCUT2D eigenvalue weighted by Crippen LogP contribution is -2.48. The van der Waals surface area contributed by atoms with Crippen LogP contribution in [0.1, 0.15) is 5.56 Å². The molecule has 3 aromatic rings. The first-order valence-corrected chi connectivity index (χ1v) is 11.3. The van der Waals surface area contributed by atoms with E-state index in [1.54, 1.807) is 29.2 Å². The molecule has 0 saturated carbocycles. The van der Waals surface area contributed by atoms with Gasteiger partial charge < -0.3 is 10.7 Å². The minimum atomic E-state index is -0.353. The number of aromatic nitrogens is 3. The highest BCUT2D eigenvalue weighted by molar-refractivity contribution is 7.99. The Labute approximate surface area is 193 Å². The van der Waals surface area contributed by atoms with Crippen molar-refractivity contribution in [3.05, 3.63) is 64.7 Å². The molecule has 0 aliphatic carbocycles. The Morgan fingerprint density at radius 1 is 1.06 bits per heavy atom. The number of nitrogens with zero attached hydrogens (tertiary/aromatic N) is 5. The van der Waals surface area contributed by atoms with E-state index in [0.29, 0.717) is 59.9 Å². The number of amides is 1. The Morgan fingerprint density at radius 3 is 2.47 bits per heavy atom. The standard InChI is InChI=1S/C21H21ClF2N6OS/c22-17-2-1-3-18(24)16(17)12-28-8-10-29(11-9-28)19(31)13-32-21-27-26-20(30(21)25)14-4-6-15(23)7-5-14/h1-7H,8-13,25H2. The molecule has 1 amide bonds. The fourth-order valence-corrected chi connectivity index (χ4v) is 4.43. The van der Waals surface area contributed by atoms with Gasteiger partial charge in [-0.1, -0.05) is 29.4 Å². The SMILES string of the molecule is Nn1c(SCC(=O)N2CCN(Cc3c(F)cccc3Cl)CC2)nnc1-c1ccc(F)cc1. The number of nitrogens with two attached hydrogens (primary N) is 1. The highest BCUT2D eigenvalue weighted by Crippen LogP contribution is 2.23. The van der Waals surface area contributed by atoms with Crippen LogP contribution in [0.15, 0.2) is 47.6 Å². The lowest BCUT2D eigenvalue weighted by molar-refractivity contribution is -0.130. The van der Waals surface area contributed by atoms with Crippen LogP contribution in [-0.4, -0.2) is 62.5 Å². The highest BCUT2D eigenvalue weighted by atomic mass is 35.5. The number of carbonyl (C=O) groups is 1. The Balaban J connectivity index is 1.29. The number of benzene rings is 2. The van der Waals surface area contributed by atoms with E-state index in [0.717, 1.165) is 0 Å². The summed E-state index contributed by atoms with van der Waals surface area (Å²) in [5.74, 6) is 5.90. The number of piperazine rings is 1. The Morgan fingerprint density at radius 2 is 1.78 bits per heavy atom. The van der Waals surface area contributed by atoms with Crippen molar-refractivity contribution in [3.8, 4) is 11.4 Å². The number of nitrogen functional groups attached to an aromatic ring is 1. The van der Waals surface area contributed by atoms with Gasteiger partial charge in [-0.15, -0.1) is 10.2 Å². The molecule has 2 N–H and O–H groups in total. The van der Waals surface area contributed by atoms with Crippen LogP contribution in [0.3, 0.4) is 0 Å². The van der Waals surface area contributed by atoms with Gasteiger partial charge in [0.05, 0.1) is 5.75 Å². The number of rotatable bonds is 6. The maximum atomic E-state index is 14.0. The van der Waals surface area contributed by atoms with E-state index in [9.17, 15) is 13.6 Å². The van der Waals surface area contributed by atoms with Crippen LogP contribution in [-0.2, 0) is 11.3 Å². The zero-order chi connectivity index (χ0) is 22.7. The molecule has 1 aliphatic rings. The zero-order valence-electron chi connectivity index (χ0n) is 17.0. The summed E-state index contributed by atoms with van der Waals surface area (Å²) in [5.41, 5.74) is 1.11. The highest BCUT2D eigenvalue weighted by Gasteiger charge is 2.23. The average Bonchev–Trinajstić information content (AvgIpc) is 3.16. The summed E-state index contributed by atoms with van der Waals surface area (Å²) in [6, 6.07) is 10.4. The molecule has 0 unspecified atom stereocenters. The normalized spacial score (nSPS) is 14.7. The van der Waals surface area contributed by atoms with Gasteiger partial charge in [-0.05, 0) is 36.4 Å². The van der Waals surface area contributed by atoms with Crippen LogP contribution in [0.2, 0.25) is 5.02 Å². The van der Waals surface area contributed by atoms with Gasteiger partial charge in [0, 0.05) is 48.9 Å². The lowest BCUT2D eigenvalue weighted by atomic mass is 10.2. The second-order valence-corrected chi connectivity index (χ2v) is 8.68. The monoisotopic (exact) mass is 478 g/mol. The second-order valence-electron chi connectivity index (χ2n) is 7.33. The van der Waals surface area contributed by atoms with Gasteiger partial charge in [-0.2, -0.15) is 0 Å². The Kier molecular flexibility index (Phi) is 6.92. The van der Waals surface area contributed by atoms with Crippen molar-refractivity contribution in [1.82, 2.24) is 24.7 Å². The third-order valence-electron chi connectivity index (χ3n) is 5.26. The van der Waals surface area contributed by atoms with Crippen molar-refractivity contribution in [2.24, 2.45) is 0 Å². The molecule has 0 bridgehead atoms. The van der Waals surface area contributed by atoms with E-state index in [4.69, 9.17) is 17.4 Å². The smallest absolute Gasteiger partial charge is 0.233 e. The molecular weight excluding hydrogens is 458 g/mol. The average molecular weight is 479 g/mol. The summed E-state index contributed by atoms with van der Waals surface area (Å²) in [7, 11) is 0. The van der Waals surface area contributed by atoms with Crippen molar-refractivity contribution in [2.75, 3.05) is 37.8 Å². The van der Waals surface area contributed by atoms with Gasteiger partial charge in [0.1, 0.15) is 11.6 Å². The Bertz CT molecular complexity index is 1080. The number of carbonyl (C=O) groups excluding carboxylic acids is 1. The predicted octanol–water partition coefficient (Wildman–Crippen LogP) is 3.03. The van der Waals surface area contributed by atoms with Crippen LogP contribution < -0.4 is 5.84 Å². The van der Waals surface area contributed by atoms with Crippen LogP contribution >= 0.6 is 23.4 Å². The molecule has 32 heavy (non-hydrogen) atoms. The summed E-state index contributed by atoms with van der Waals surface area (Å²) >= 11 is 7.31. The molecule has 4 rings (SSSR count). The first kappa shape index (κ1) is 22.5. The molecule has 7 nitrogen and oxygen atoms in total. The number of halogens is 3. The molecule has 168 valence electrons. The molecule has 0 radical (unpaired) electrons. The zero-order valence-corrected chi connectivity index (χ0v) is 18.6. The molecular formula is C21H21ClF2N6OS. The molecule has 2 heterocycles. The van der Waals surface area contributed by atoms with Crippen LogP contribution in [0.4, 0.5) is 8.78 Å². The molecule has 1 aliphatic heterocycles. The molecule has 0 atom stereocenters. The topological polar surface area (TPSA) is 80.3 Å². The van der Waals surface area contributed by atoms with Crippen LogP contribution in [0.5, 0.6) is 0 Å². The molecule has 1 aromatic heterocycles. The van der Waals surface area contributed by atoms with E-state index >= 15 is 0 Å². The summed E-state index contributed by atoms with van der Waals surface area (Å²) in [4.78, 5) is 16.5. The predicted molar refractivity (Wildman–Crippen MR) is 120 cm³/mol. The summed E-state index contributed by atoms with van der Waals surface area (Å²) < 4.78 is 28.4. The van der Waals surface area contributed by atoms with Crippen molar-refractivity contribution in [3.63, 3.8) is 0 Å². The van der Waals surface area contributed by atoms with Crippen molar-refractivity contribution in [1.29, 1.82) is 0 Å². The third kappa shape index (κ3) is 5.03. The van der Waals surface area contributed by atoms with Crippen molar-refractivity contribution in [2.45, 2.75) is 11.7 Å². The molecule has 11 heteroatoms. The largest absolute Gasteiger partial charge is 0.339 e. The number of hydrogen-bond donors (Lipinski definition) is 1. The van der Waals surface area contributed by atoms with E-state index < -0.39 is 0 Å². The Hall–Kier alpha value is -2.69. The van der Waals surface area contributed by atoms with Gasteiger partial charge in [-0.25, -0.2) is 13.5 Å². The van der Waals surface area contributed by atoms with Crippen LogP contribution in [0.25, 0.3) is 11.4 Å². The minimum Gasteiger partial charge on any atom is -0.339 e. The third-order valence-corrected chi connectivity index (χ3v) is 6.54. The van der Waals surface area contributed by atoms with E-state index in [-0.39, 0.29) is 23.3 Å². The maximum absolute atomic E-state index is 14.0. The van der Waals surface area contributed by atoms with E-state index in [2.05, 4.69) is 15.1 Å². The van der Waals surface area contributed by atoms with Gasteiger partial charge in [0.25, 0.3) is 0 Å². The summed E-state index contributed by atoms with van der Waals surface area (Å²) in [5, 5.41) is 8.88. The summed E-state index contributed by atoms with van der Waals surface area (Å²) in [6.07, 6.45) is 0. The minimum absolute atomic E-state index is 0.0371. The molecule has 0 spiro atoms. The fourth-order valence-electron chi connectivity index (χ4n) is 3.45. The van der Waals surface area contributed by atoms with E-state index in [1.807, 2.05) is 0 Å². The molecule has 2 aromatic carbocycles. The van der Waals surface area contributed by atoms with Crippen molar-refractivity contribution < 1.29 is 13.6 Å². The molecule has 1 fully saturated rings. The van der Waals surface area contributed by atoms with Gasteiger partial charge in [0.15, 0.2) is 5.82 Å². The van der Waals surface area contributed by atoms with Crippen molar-refractivity contribution >= 4 is 29.3 Å². The van der Waals surface area contributed by atoms with Gasteiger partial charge in [-0.3, -0.25) is 9.69 Å². The molecule has 1 saturated heterocycles. The fraction of sp³-hybridized carbons (Fsp3) is 0.286. The number of thioether (sulfide) groups is 1. The van der Waals surface area contributed by atoms with Crippen LogP contribution in [0, 0.1) is 11.6 Å². The quantitative estimate of drug-likeness (QED) is 0.433. The van der Waals surface area contributed by atoms with E-state index in [1.165, 1.54) is 34.6 Å². The first-order valence-electron chi connectivity index (χ1n) is 9.94. The second kappa shape index (κ2) is 9.85. The van der Waals surface area contributed by atoms with Gasteiger partial charge in [0.2, 0.25) is 11.1 Å². The number of hydrogen-bond acceptors (Lipinski definition) is 6.